The summed E-state index contributed by atoms with van der Waals surface area (Å²) in [5.41, 5.74) is -0.122. The van der Waals surface area contributed by atoms with Crippen LogP contribution in [0.1, 0.15) is 30.3 Å². The molecule has 0 unspecified atom stereocenters. The standard InChI is InChI=1S/C10H8F5N3/c1-2-5-3-6(7(11)12)4-18-8(5)16-9(17-18)10(13,14)15/h3-4,7H,2H2,1H3. The number of hydrogen-bond acceptors (Lipinski definition) is 2. The summed E-state index contributed by atoms with van der Waals surface area (Å²) in [5.74, 6) is -1.33. The number of aromatic nitrogens is 3. The van der Waals surface area contributed by atoms with Gasteiger partial charge in [0.05, 0.1) is 0 Å². The normalized spacial score (nSPS) is 12.6. The third kappa shape index (κ3) is 2.14. The molecule has 3 nitrogen and oxygen atoms in total. The largest absolute Gasteiger partial charge is 0.453 e. The number of alkyl halides is 5. The lowest BCUT2D eigenvalue weighted by Crippen LogP contribution is -2.07. The molecule has 0 bridgehead atoms. The number of fused-ring (bicyclic) bond motifs is 1. The number of nitrogens with zero attached hydrogens (tertiary/aromatic N) is 3. The topological polar surface area (TPSA) is 30.2 Å². The number of pyridine rings is 1. The van der Waals surface area contributed by atoms with Gasteiger partial charge >= 0.3 is 6.18 Å². The molecule has 8 heteroatoms. The first kappa shape index (κ1) is 12.7. The summed E-state index contributed by atoms with van der Waals surface area (Å²) >= 11 is 0. The van der Waals surface area contributed by atoms with E-state index in [0.29, 0.717) is 12.0 Å². The molecule has 0 radical (unpaired) electrons. The van der Waals surface area contributed by atoms with Gasteiger partial charge in [-0.1, -0.05) is 6.92 Å². The van der Waals surface area contributed by atoms with Crippen molar-refractivity contribution in [3.05, 3.63) is 29.2 Å². The lowest BCUT2D eigenvalue weighted by Gasteiger charge is -2.04. The lowest BCUT2D eigenvalue weighted by atomic mass is 10.1. The van der Waals surface area contributed by atoms with Crippen LogP contribution in [0.25, 0.3) is 5.65 Å². The molecular formula is C10H8F5N3. The van der Waals surface area contributed by atoms with Gasteiger partial charge in [-0.05, 0) is 18.1 Å². The van der Waals surface area contributed by atoms with Crippen LogP contribution in [0.2, 0.25) is 0 Å². The van der Waals surface area contributed by atoms with E-state index in [-0.39, 0.29) is 11.2 Å². The van der Waals surface area contributed by atoms with Crippen LogP contribution in [0.15, 0.2) is 12.3 Å². The molecule has 0 N–H and O–H groups in total. The molecular weight excluding hydrogens is 257 g/mol. The van der Waals surface area contributed by atoms with Crippen LogP contribution in [-0.2, 0) is 12.6 Å². The van der Waals surface area contributed by atoms with E-state index in [1.165, 1.54) is 0 Å². The number of halogens is 5. The van der Waals surface area contributed by atoms with E-state index in [2.05, 4.69) is 10.1 Å². The average molecular weight is 265 g/mol. The predicted octanol–water partition coefficient (Wildman–Crippen LogP) is 3.25. The zero-order chi connectivity index (χ0) is 13.5. The number of aryl methyl sites for hydroxylation is 1. The molecule has 0 saturated carbocycles. The second-order valence-corrected chi connectivity index (χ2v) is 3.65. The minimum atomic E-state index is -4.69. The Balaban J connectivity index is 2.67. The van der Waals surface area contributed by atoms with Gasteiger partial charge in [0.15, 0.2) is 5.65 Å². The number of hydrogen-bond donors (Lipinski definition) is 0. The van der Waals surface area contributed by atoms with E-state index >= 15 is 0 Å². The molecule has 98 valence electrons. The SMILES string of the molecule is CCc1cc(C(F)F)cn2nc(C(F)(F)F)nc12. The summed E-state index contributed by atoms with van der Waals surface area (Å²) in [6.45, 7) is 1.65. The van der Waals surface area contributed by atoms with Crippen LogP contribution in [-0.4, -0.2) is 14.6 Å². The fourth-order valence-electron chi connectivity index (χ4n) is 1.58. The van der Waals surface area contributed by atoms with Gasteiger partial charge in [0, 0.05) is 11.8 Å². The Hall–Kier alpha value is -1.73. The second kappa shape index (κ2) is 4.18. The van der Waals surface area contributed by atoms with Crippen molar-refractivity contribution in [2.45, 2.75) is 25.9 Å². The highest BCUT2D eigenvalue weighted by molar-refractivity contribution is 5.49. The molecule has 0 spiro atoms. The average Bonchev–Trinajstić information content (AvgIpc) is 2.70. The van der Waals surface area contributed by atoms with E-state index in [9.17, 15) is 22.0 Å². The monoisotopic (exact) mass is 265 g/mol. The minimum Gasteiger partial charge on any atom is -0.220 e. The van der Waals surface area contributed by atoms with Crippen molar-refractivity contribution in [2.24, 2.45) is 0 Å². The van der Waals surface area contributed by atoms with Crippen LogP contribution in [0.5, 0.6) is 0 Å². The summed E-state index contributed by atoms with van der Waals surface area (Å²) < 4.78 is 63.2. The maximum absolute atomic E-state index is 12.6. The van der Waals surface area contributed by atoms with E-state index in [1.807, 2.05) is 0 Å². The van der Waals surface area contributed by atoms with Crippen molar-refractivity contribution in [1.82, 2.24) is 14.6 Å². The van der Waals surface area contributed by atoms with Crippen molar-refractivity contribution >= 4 is 5.65 Å². The van der Waals surface area contributed by atoms with Gasteiger partial charge in [-0.15, -0.1) is 5.10 Å². The highest BCUT2D eigenvalue weighted by Crippen LogP contribution is 2.28. The smallest absolute Gasteiger partial charge is 0.220 e. The highest BCUT2D eigenvalue weighted by atomic mass is 19.4. The van der Waals surface area contributed by atoms with Crippen molar-refractivity contribution < 1.29 is 22.0 Å². The maximum Gasteiger partial charge on any atom is 0.453 e. The lowest BCUT2D eigenvalue weighted by molar-refractivity contribution is -0.144. The Morgan fingerprint density at radius 2 is 2.00 bits per heavy atom. The molecule has 0 saturated heterocycles. The maximum atomic E-state index is 12.6. The fourth-order valence-corrected chi connectivity index (χ4v) is 1.58. The zero-order valence-corrected chi connectivity index (χ0v) is 9.17. The molecule has 2 aromatic heterocycles. The summed E-state index contributed by atoms with van der Waals surface area (Å²) in [7, 11) is 0. The third-order valence-electron chi connectivity index (χ3n) is 2.42. The van der Waals surface area contributed by atoms with E-state index in [0.717, 1.165) is 16.8 Å². The van der Waals surface area contributed by atoms with Gasteiger partial charge in [0.25, 0.3) is 12.2 Å². The number of rotatable bonds is 2. The van der Waals surface area contributed by atoms with Gasteiger partial charge in [-0.2, -0.15) is 13.2 Å². The van der Waals surface area contributed by atoms with Crippen molar-refractivity contribution in [1.29, 1.82) is 0 Å². The van der Waals surface area contributed by atoms with Gasteiger partial charge in [0.1, 0.15) is 0 Å². The van der Waals surface area contributed by atoms with Crippen LogP contribution in [0.4, 0.5) is 22.0 Å². The van der Waals surface area contributed by atoms with Crippen LogP contribution in [0, 0.1) is 0 Å². The predicted molar refractivity (Wildman–Crippen MR) is 52.3 cm³/mol. The van der Waals surface area contributed by atoms with Gasteiger partial charge in [0.2, 0.25) is 0 Å². The van der Waals surface area contributed by atoms with Crippen molar-refractivity contribution in [3.8, 4) is 0 Å². The van der Waals surface area contributed by atoms with Crippen LogP contribution in [0.3, 0.4) is 0 Å². The Morgan fingerprint density at radius 1 is 1.33 bits per heavy atom. The minimum absolute atomic E-state index is 0.0470. The summed E-state index contributed by atoms with van der Waals surface area (Å²) in [6.07, 6.45) is -6.30. The molecule has 0 amide bonds. The highest BCUT2D eigenvalue weighted by Gasteiger charge is 2.36. The zero-order valence-electron chi connectivity index (χ0n) is 9.17. The van der Waals surface area contributed by atoms with Crippen LogP contribution < -0.4 is 0 Å². The summed E-state index contributed by atoms with van der Waals surface area (Å²) in [4.78, 5) is 3.34. The third-order valence-corrected chi connectivity index (χ3v) is 2.42. The summed E-state index contributed by atoms with van der Waals surface area (Å²) in [6, 6.07) is 1.15. The van der Waals surface area contributed by atoms with Gasteiger partial charge in [-0.25, -0.2) is 18.3 Å². The van der Waals surface area contributed by atoms with Crippen molar-refractivity contribution in [3.63, 3.8) is 0 Å². The first-order chi connectivity index (χ1) is 8.32. The molecule has 18 heavy (non-hydrogen) atoms. The van der Waals surface area contributed by atoms with E-state index in [4.69, 9.17) is 0 Å². The Morgan fingerprint density at radius 3 is 2.50 bits per heavy atom. The first-order valence-corrected chi connectivity index (χ1v) is 5.07. The van der Waals surface area contributed by atoms with Crippen molar-refractivity contribution in [2.75, 3.05) is 0 Å². The molecule has 2 aromatic rings. The van der Waals surface area contributed by atoms with E-state index in [1.54, 1.807) is 6.92 Å². The van der Waals surface area contributed by atoms with E-state index < -0.39 is 18.4 Å². The molecule has 2 rings (SSSR count). The molecule has 0 atom stereocenters. The summed E-state index contributed by atoms with van der Waals surface area (Å²) in [5, 5.41) is 3.18. The molecule has 0 aliphatic heterocycles. The Bertz CT molecular complexity index is 573. The molecule has 0 aromatic carbocycles. The molecule has 2 heterocycles. The van der Waals surface area contributed by atoms with Gasteiger partial charge < -0.3 is 0 Å². The second-order valence-electron chi connectivity index (χ2n) is 3.65. The van der Waals surface area contributed by atoms with Crippen LogP contribution >= 0.6 is 0 Å². The Kier molecular flexibility index (Phi) is 2.95. The molecule has 0 aliphatic carbocycles. The molecule has 0 fully saturated rings. The fraction of sp³-hybridized carbons (Fsp3) is 0.400. The molecule has 0 aliphatic rings. The first-order valence-electron chi connectivity index (χ1n) is 5.07. The quantitative estimate of drug-likeness (QED) is 0.780. The Labute approximate surface area is 98.2 Å². The van der Waals surface area contributed by atoms with Gasteiger partial charge in [-0.3, -0.25) is 0 Å².